The van der Waals surface area contributed by atoms with Gasteiger partial charge in [-0.2, -0.15) is 4.68 Å². The summed E-state index contributed by atoms with van der Waals surface area (Å²) >= 11 is 6.34. The van der Waals surface area contributed by atoms with Crippen molar-refractivity contribution in [1.29, 1.82) is 0 Å². The van der Waals surface area contributed by atoms with Crippen LogP contribution >= 0.6 is 11.6 Å². The number of aromatic nitrogens is 3. The molecule has 9 heteroatoms. The minimum absolute atomic E-state index is 0.0414. The van der Waals surface area contributed by atoms with Crippen LogP contribution in [0.15, 0.2) is 41.2 Å². The van der Waals surface area contributed by atoms with Crippen LogP contribution in [-0.4, -0.2) is 31.9 Å². The Bertz CT molecular complexity index is 1250. The highest BCUT2D eigenvalue weighted by molar-refractivity contribution is 6.34. The SMILES string of the molecule is CCn1c(CO)nn(-c2cc3c(cc2F)C(=O)N(c2ccccc2Cl)C[C@@H]3C(C)C)c1=O. The first-order valence-corrected chi connectivity index (χ1v) is 10.9. The van der Waals surface area contributed by atoms with E-state index in [4.69, 9.17) is 11.6 Å². The molecule has 1 N–H and O–H groups in total. The van der Waals surface area contributed by atoms with E-state index in [0.29, 0.717) is 29.4 Å². The first-order valence-electron chi connectivity index (χ1n) is 10.5. The van der Waals surface area contributed by atoms with Crippen molar-refractivity contribution in [3.63, 3.8) is 0 Å². The lowest BCUT2D eigenvalue weighted by molar-refractivity contribution is 0.0973. The quantitative estimate of drug-likeness (QED) is 0.631. The average Bonchev–Trinajstić information content (AvgIpc) is 3.09. The first-order chi connectivity index (χ1) is 15.3. The number of hydrogen-bond donors (Lipinski definition) is 1. The van der Waals surface area contributed by atoms with Crippen molar-refractivity contribution in [1.82, 2.24) is 14.3 Å². The van der Waals surface area contributed by atoms with Gasteiger partial charge in [0.05, 0.1) is 10.7 Å². The van der Waals surface area contributed by atoms with E-state index in [2.05, 4.69) is 5.10 Å². The maximum atomic E-state index is 15.2. The van der Waals surface area contributed by atoms with Crippen LogP contribution in [0.3, 0.4) is 0 Å². The van der Waals surface area contributed by atoms with Crippen molar-refractivity contribution in [2.24, 2.45) is 5.92 Å². The van der Waals surface area contributed by atoms with E-state index in [1.165, 1.54) is 16.7 Å². The fourth-order valence-electron chi connectivity index (χ4n) is 4.23. The molecular formula is C23H24ClFN4O3. The van der Waals surface area contributed by atoms with Crippen LogP contribution in [0.25, 0.3) is 5.69 Å². The number of carbonyl (C=O) groups is 1. The number of fused-ring (bicyclic) bond motifs is 1. The lowest BCUT2D eigenvalue weighted by Gasteiger charge is -2.37. The summed E-state index contributed by atoms with van der Waals surface area (Å²) in [5.74, 6) is -0.926. The highest BCUT2D eigenvalue weighted by atomic mass is 35.5. The first kappa shape index (κ1) is 22.2. The van der Waals surface area contributed by atoms with Gasteiger partial charge in [0.25, 0.3) is 5.91 Å². The molecular weight excluding hydrogens is 435 g/mol. The van der Waals surface area contributed by atoms with Crippen LogP contribution < -0.4 is 10.6 Å². The van der Waals surface area contributed by atoms with Gasteiger partial charge >= 0.3 is 5.69 Å². The van der Waals surface area contributed by atoms with Gasteiger partial charge in [-0.15, -0.1) is 5.10 Å². The second-order valence-electron chi connectivity index (χ2n) is 8.12. The predicted molar refractivity (Wildman–Crippen MR) is 120 cm³/mol. The van der Waals surface area contributed by atoms with Gasteiger partial charge in [-0.05, 0) is 42.7 Å². The number of halogens is 2. The van der Waals surface area contributed by atoms with Crippen LogP contribution in [0, 0.1) is 11.7 Å². The molecule has 0 unspecified atom stereocenters. The molecule has 4 rings (SSSR count). The van der Waals surface area contributed by atoms with Gasteiger partial charge in [0.2, 0.25) is 0 Å². The molecule has 0 radical (unpaired) electrons. The Balaban J connectivity index is 1.89. The highest BCUT2D eigenvalue weighted by Crippen LogP contribution is 2.39. The van der Waals surface area contributed by atoms with Crippen molar-refractivity contribution in [3.05, 3.63) is 74.7 Å². The molecule has 1 aliphatic heterocycles. The Kier molecular flexibility index (Phi) is 5.92. The molecule has 0 saturated carbocycles. The zero-order valence-electron chi connectivity index (χ0n) is 18.0. The fourth-order valence-corrected chi connectivity index (χ4v) is 4.47. The van der Waals surface area contributed by atoms with E-state index in [0.717, 1.165) is 4.68 Å². The molecule has 0 bridgehead atoms. The maximum absolute atomic E-state index is 15.2. The van der Waals surface area contributed by atoms with Gasteiger partial charge in [0.1, 0.15) is 18.1 Å². The predicted octanol–water partition coefficient (Wildman–Crippen LogP) is 3.74. The van der Waals surface area contributed by atoms with Crippen molar-refractivity contribution < 1.29 is 14.3 Å². The number of aliphatic hydroxyl groups is 1. The summed E-state index contributed by atoms with van der Waals surface area (Å²) in [6.45, 7) is 6.02. The minimum atomic E-state index is -0.743. The van der Waals surface area contributed by atoms with E-state index < -0.39 is 18.1 Å². The summed E-state index contributed by atoms with van der Waals surface area (Å²) < 4.78 is 17.5. The molecule has 32 heavy (non-hydrogen) atoms. The molecule has 1 aliphatic rings. The lowest BCUT2D eigenvalue weighted by Crippen LogP contribution is -2.42. The largest absolute Gasteiger partial charge is 0.388 e. The monoisotopic (exact) mass is 458 g/mol. The summed E-state index contributed by atoms with van der Waals surface area (Å²) in [6, 6.07) is 9.76. The van der Waals surface area contributed by atoms with Crippen molar-refractivity contribution >= 4 is 23.2 Å². The standard InChI is InChI=1S/C23H24ClFN4O3/c1-4-27-21(12-30)26-29(23(27)32)20-10-14-15(9-18(20)25)22(31)28(11-16(14)13(2)3)19-8-6-5-7-17(19)24/h5-10,13,16,30H,4,11-12H2,1-3H3/t16-/m1/s1. The number of anilines is 1. The minimum Gasteiger partial charge on any atom is -0.388 e. The molecule has 7 nitrogen and oxygen atoms in total. The van der Waals surface area contributed by atoms with E-state index in [9.17, 15) is 14.7 Å². The van der Waals surface area contributed by atoms with Gasteiger partial charge in [-0.3, -0.25) is 9.36 Å². The van der Waals surface area contributed by atoms with E-state index in [1.54, 1.807) is 36.1 Å². The van der Waals surface area contributed by atoms with Crippen molar-refractivity contribution in [2.75, 3.05) is 11.4 Å². The maximum Gasteiger partial charge on any atom is 0.350 e. The number of hydrogen-bond acceptors (Lipinski definition) is 4. The molecule has 2 aromatic carbocycles. The summed E-state index contributed by atoms with van der Waals surface area (Å²) in [6.07, 6.45) is 0. The molecule has 1 aromatic heterocycles. The number of rotatable bonds is 5. The fraction of sp³-hybridized carbons (Fsp3) is 0.348. The third-order valence-electron chi connectivity index (χ3n) is 5.95. The summed E-state index contributed by atoms with van der Waals surface area (Å²) in [5, 5.41) is 14.1. The van der Waals surface area contributed by atoms with Crippen LogP contribution in [0.2, 0.25) is 5.02 Å². The normalized spacial score (nSPS) is 16.0. The Morgan fingerprint density at radius 2 is 1.94 bits per heavy atom. The van der Waals surface area contributed by atoms with E-state index in [-0.39, 0.29) is 34.8 Å². The Hall–Kier alpha value is -2.97. The molecule has 0 spiro atoms. The Morgan fingerprint density at radius 1 is 1.22 bits per heavy atom. The molecule has 2 heterocycles. The third kappa shape index (κ3) is 3.53. The highest BCUT2D eigenvalue weighted by Gasteiger charge is 2.36. The number of benzene rings is 2. The van der Waals surface area contributed by atoms with Gasteiger partial charge in [0, 0.05) is 24.6 Å². The topological polar surface area (TPSA) is 80.4 Å². The van der Waals surface area contributed by atoms with Crippen LogP contribution in [0.4, 0.5) is 10.1 Å². The van der Waals surface area contributed by atoms with Gasteiger partial charge in [-0.1, -0.05) is 37.6 Å². The molecule has 1 amide bonds. The second kappa shape index (κ2) is 8.52. The van der Waals surface area contributed by atoms with Crippen LogP contribution in [0.1, 0.15) is 48.4 Å². The molecule has 0 saturated heterocycles. The smallest absolute Gasteiger partial charge is 0.350 e. The number of nitrogens with zero attached hydrogens (tertiary/aromatic N) is 4. The van der Waals surface area contributed by atoms with Crippen molar-refractivity contribution in [3.8, 4) is 5.69 Å². The average molecular weight is 459 g/mol. The molecule has 3 aromatic rings. The molecule has 0 aliphatic carbocycles. The number of carbonyl (C=O) groups excluding carboxylic acids is 1. The summed E-state index contributed by atoms with van der Waals surface area (Å²) in [4.78, 5) is 27.7. The number of para-hydroxylation sites is 1. The number of aliphatic hydroxyl groups excluding tert-OH is 1. The zero-order chi connectivity index (χ0) is 23.2. The summed E-state index contributed by atoms with van der Waals surface area (Å²) in [7, 11) is 0. The second-order valence-corrected chi connectivity index (χ2v) is 8.53. The molecule has 1 atom stereocenters. The van der Waals surface area contributed by atoms with Crippen LogP contribution in [0.5, 0.6) is 0 Å². The van der Waals surface area contributed by atoms with E-state index >= 15 is 4.39 Å². The molecule has 0 fully saturated rings. The van der Waals surface area contributed by atoms with Gasteiger partial charge < -0.3 is 10.0 Å². The van der Waals surface area contributed by atoms with Crippen molar-refractivity contribution in [2.45, 2.75) is 39.8 Å². The molecule has 168 valence electrons. The zero-order valence-corrected chi connectivity index (χ0v) is 18.8. The lowest BCUT2D eigenvalue weighted by atomic mass is 9.81. The Labute approximate surface area is 189 Å². The third-order valence-corrected chi connectivity index (χ3v) is 6.27. The van der Waals surface area contributed by atoms with Gasteiger partial charge in [-0.25, -0.2) is 9.18 Å². The number of amides is 1. The van der Waals surface area contributed by atoms with Crippen LogP contribution in [-0.2, 0) is 13.2 Å². The van der Waals surface area contributed by atoms with E-state index in [1.807, 2.05) is 13.8 Å². The van der Waals surface area contributed by atoms with Gasteiger partial charge in [0.15, 0.2) is 5.82 Å². The Morgan fingerprint density at radius 3 is 2.53 bits per heavy atom. The summed E-state index contributed by atoms with van der Waals surface area (Å²) in [5.41, 5.74) is 0.886.